The first-order valence-corrected chi connectivity index (χ1v) is 8.28. The van der Waals surface area contributed by atoms with Gasteiger partial charge in [-0.2, -0.15) is 0 Å². The number of carboxylic acid groups (broad SMARTS) is 1. The zero-order chi connectivity index (χ0) is 14.8. The number of hydrogen-bond donors (Lipinski definition) is 3. The van der Waals surface area contributed by atoms with E-state index in [1.165, 1.54) is 0 Å². The van der Waals surface area contributed by atoms with Gasteiger partial charge in [-0.3, -0.25) is 9.59 Å². The highest BCUT2D eigenvalue weighted by Gasteiger charge is 2.50. The van der Waals surface area contributed by atoms with Gasteiger partial charge in [0.1, 0.15) is 0 Å². The third-order valence-electron chi connectivity index (χ3n) is 4.74. The van der Waals surface area contributed by atoms with Crippen LogP contribution in [0.1, 0.15) is 24.1 Å². The molecule has 0 radical (unpaired) electrons. The van der Waals surface area contributed by atoms with Crippen LogP contribution in [0.25, 0.3) is 0 Å². The maximum absolute atomic E-state index is 11.9. The van der Waals surface area contributed by atoms with Crippen LogP contribution >= 0.6 is 11.3 Å². The van der Waals surface area contributed by atoms with Crippen LogP contribution in [0, 0.1) is 17.8 Å². The molecule has 4 unspecified atom stereocenters. The number of thiophene rings is 1. The molecule has 2 aliphatic carbocycles. The normalized spacial score (nSPS) is 30.5. The predicted molar refractivity (Wildman–Crippen MR) is 79.9 cm³/mol. The van der Waals surface area contributed by atoms with E-state index in [0.29, 0.717) is 18.4 Å². The second kappa shape index (κ2) is 6.15. The summed E-state index contributed by atoms with van der Waals surface area (Å²) in [6, 6.07) is 3.89. The Hall–Kier alpha value is -1.40. The number of carbonyl (C=O) groups is 2. The highest BCUT2D eigenvalue weighted by atomic mass is 32.1. The molecule has 3 N–H and O–H groups in total. The van der Waals surface area contributed by atoms with Crippen LogP contribution in [0.5, 0.6) is 0 Å². The van der Waals surface area contributed by atoms with Crippen molar-refractivity contribution in [1.82, 2.24) is 10.6 Å². The molecule has 2 fully saturated rings. The fraction of sp³-hybridized carbons (Fsp3) is 0.600. The molecule has 3 rings (SSSR count). The molecule has 6 heteroatoms. The van der Waals surface area contributed by atoms with Crippen molar-refractivity contribution >= 4 is 23.2 Å². The van der Waals surface area contributed by atoms with Crippen LogP contribution in [-0.2, 0) is 16.1 Å². The SMILES string of the molecule is O=C(CNC1C2CCC(C2)C1C(=O)O)NCc1cccs1. The van der Waals surface area contributed by atoms with Gasteiger partial charge in [0.2, 0.25) is 5.91 Å². The van der Waals surface area contributed by atoms with E-state index >= 15 is 0 Å². The van der Waals surface area contributed by atoms with Gasteiger partial charge in [0.15, 0.2) is 0 Å². The lowest BCUT2D eigenvalue weighted by molar-refractivity contribution is -0.144. The minimum atomic E-state index is -0.723. The van der Waals surface area contributed by atoms with Crippen LogP contribution in [-0.4, -0.2) is 29.6 Å². The summed E-state index contributed by atoms with van der Waals surface area (Å²) in [6.07, 6.45) is 3.10. The van der Waals surface area contributed by atoms with Crippen molar-refractivity contribution in [2.75, 3.05) is 6.54 Å². The van der Waals surface area contributed by atoms with E-state index in [1.807, 2.05) is 17.5 Å². The molecule has 21 heavy (non-hydrogen) atoms. The highest BCUT2D eigenvalue weighted by molar-refractivity contribution is 7.09. The molecule has 0 saturated heterocycles. The topological polar surface area (TPSA) is 78.4 Å². The molecule has 2 bridgehead atoms. The lowest BCUT2D eigenvalue weighted by atomic mass is 9.84. The molecule has 1 amide bonds. The van der Waals surface area contributed by atoms with Crippen LogP contribution in [0.15, 0.2) is 17.5 Å². The van der Waals surface area contributed by atoms with Gasteiger partial charge < -0.3 is 15.7 Å². The summed E-state index contributed by atoms with van der Waals surface area (Å²) in [5.74, 6) is -0.414. The maximum Gasteiger partial charge on any atom is 0.308 e. The number of rotatable bonds is 6. The molecule has 0 aromatic carbocycles. The molecule has 0 spiro atoms. The Labute approximate surface area is 127 Å². The lowest BCUT2D eigenvalue weighted by Crippen LogP contribution is -2.47. The minimum absolute atomic E-state index is 0.0475. The summed E-state index contributed by atoms with van der Waals surface area (Å²) >= 11 is 1.61. The largest absolute Gasteiger partial charge is 0.481 e. The third-order valence-corrected chi connectivity index (χ3v) is 5.62. The van der Waals surface area contributed by atoms with Gasteiger partial charge in [0.05, 0.1) is 19.0 Å². The van der Waals surface area contributed by atoms with E-state index in [4.69, 9.17) is 0 Å². The van der Waals surface area contributed by atoms with Crippen molar-refractivity contribution in [3.8, 4) is 0 Å². The molecule has 1 heterocycles. The molecule has 1 aromatic rings. The quantitative estimate of drug-likeness (QED) is 0.743. The van der Waals surface area contributed by atoms with Crippen molar-refractivity contribution in [3.05, 3.63) is 22.4 Å². The van der Waals surface area contributed by atoms with Crippen molar-refractivity contribution < 1.29 is 14.7 Å². The van der Waals surface area contributed by atoms with Gasteiger partial charge in [-0.25, -0.2) is 0 Å². The second-order valence-corrected chi connectivity index (χ2v) is 6.99. The Kier molecular flexibility index (Phi) is 4.26. The Morgan fingerprint density at radius 1 is 1.33 bits per heavy atom. The molecule has 4 atom stereocenters. The number of carbonyl (C=O) groups excluding carboxylic acids is 1. The van der Waals surface area contributed by atoms with Gasteiger partial charge in [0, 0.05) is 10.9 Å². The summed E-state index contributed by atoms with van der Waals surface area (Å²) < 4.78 is 0. The maximum atomic E-state index is 11.9. The van der Waals surface area contributed by atoms with E-state index in [1.54, 1.807) is 11.3 Å². The molecule has 2 aliphatic rings. The summed E-state index contributed by atoms with van der Waals surface area (Å²) in [6.45, 7) is 0.736. The fourth-order valence-electron chi connectivity index (χ4n) is 3.81. The monoisotopic (exact) mass is 308 g/mol. The standard InChI is InChI=1S/C15H20N2O3S/c18-12(16-7-11-2-1-5-21-11)8-17-14-10-4-3-9(6-10)13(14)15(19)20/h1-2,5,9-10,13-14,17H,3-4,6-8H2,(H,16,18)(H,19,20). The van der Waals surface area contributed by atoms with Crippen molar-refractivity contribution in [2.24, 2.45) is 17.8 Å². The Morgan fingerprint density at radius 2 is 2.14 bits per heavy atom. The van der Waals surface area contributed by atoms with E-state index in [9.17, 15) is 14.7 Å². The number of nitrogens with one attached hydrogen (secondary N) is 2. The Balaban J connectivity index is 1.48. The van der Waals surface area contributed by atoms with Crippen LogP contribution in [0.3, 0.4) is 0 Å². The van der Waals surface area contributed by atoms with E-state index in [2.05, 4.69) is 10.6 Å². The average molecular weight is 308 g/mol. The summed E-state index contributed by atoms with van der Waals surface area (Å²) in [4.78, 5) is 24.4. The van der Waals surface area contributed by atoms with Crippen molar-refractivity contribution in [3.63, 3.8) is 0 Å². The number of aliphatic carboxylic acids is 1. The number of hydrogen-bond acceptors (Lipinski definition) is 4. The smallest absolute Gasteiger partial charge is 0.308 e. The van der Waals surface area contributed by atoms with Gasteiger partial charge in [-0.15, -0.1) is 11.3 Å². The lowest BCUT2D eigenvalue weighted by Gasteiger charge is -2.28. The van der Waals surface area contributed by atoms with Gasteiger partial charge >= 0.3 is 5.97 Å². The van der Waals surface area contributed by atoms with E-state index < -0.39 is 5.97 Å². The molecule has 114 valence electrons. The van der Waals surface area contributed by atoms with Gasteiger partial charge in [0.25, 0.3) is 0 Å². The van der Waals surface area contributed by atoms with Gasteiger partial charge in [-0.05, 0) is 42.5 Å². The minimum Gasteiger partial charge on any atom is -0.481 e. The Bertz CT molecular complexity index is 517. The summed E-state index contributed by atoms with van der Waals surface area (Å²) in [5.41, 5.74) is 0. The van der Waals surface area contributed by atoms with Crippen LogP contribution in [0.2, 0.25) is 0 Å². The average Bonchev–Trinajstić information content (AvgIpc) is 3.17. The molecule has 1 aromatic heterocycles. The fourth-order valence-corrected chi connectivity index (χ4v) is 4.46. The molecule has 0 aliphatic heterocycles. The molecule has 2 saturated carbocycles. The highest BCUT2D eigenvalue weighted by Crippen LogP contribution is 2.48. The predicted octanol–water partition coefficient (Wildman–Crippen LogP) is 1.45. The summed E-state index contributed by atoms with van der Waals surface area (Å²) in [7, 11) is 0. The molecular weight excluding hydrogens is 288 g/mol. The zero-order valence-electron chi connectivity index (χ0n) is 11.7. The number of fused-ring (bicyclic) bond motifs is 2. The Morgan fingerprint density at radius 3 is 2.86 bits per heavy atom. The number of amides is 1. The van der Waals surface area contributed by atoms with Crippen molar-refractivity contribution in [2.45, 2.75) is 31.8 Å². The molecular formula is C15H20N2O3S. The first-order chi connectivity index (χ1) is 10.1. The third kappa shape index (κ3) is 3.11. The van der Waals surface area contributed by atoms with Crippen LogP contribution in [0.4, 0.5) is 0 Å². The van der Waals surface area contributed by atoms with Gasteiger partial charge in [-0.1, -0.05) is 6.07 Å². The first kappa shape index (κ1) is 14.5. The van der Waals surface area contributed by atoms with E-state index in [-0.39, 0.29) is 24.4 Å². The van der Waals surface area contributed by atoms with Crippen LogP contribution < -0.4 is 10.6 Å². The number of carboxylic acids is 1. The first-order valence-electron chi connectivity index (χ1n) is 7.40. The molecule has 5 nitrogen and oxygen atoms in total. The second-order valence-electron chi connectivity index (χ2n) is 5.96. The van der Waals surface area contributed by atoms with Crippen molar-refractivity contribution in [1.29, 1.82) is 0 Å². The summed E-state index contributed by atoms with van der Waals surface area (Å²) in [5, 5.41) is 17.4. The van der Waals surface area contributed by atoms with E-state index in [0.717, 1.165) is 24.1 Å². The zero-order valence-corrected chi connectivity index (χ0v) is 12.6.